The minimum Gasteiger partial charge on any atom is -0.480 e. The predicted octanol–water partition coefficient (Wildman–Crippen LogP) is 1.83. The number of carbonyl (C=O) groups excluding carboxylic acids is 2. The Morgan fingerprint density at radius 3 is 2.47 bits per heavy atom. The van der Waals surface area contributed by atoms with E-state index < -0.39 is 18.0 Å². The van der Waals surface area contributed by atoms with Gasteiger partial charge < -0.3 is 15.3 Å². The van der Waals surface area contributed by atoms with Crippen LogP contribution in [0.5, 0.6) is 0 Å². The molecule has 0 saturated carbocycles. The third kappa shape index (κ3) is 3.80. The molecule has 19 heavy (non-hydrogen) atoms. The lowest BCUT2D eigenvalue weighted by Gasteiger charge is -2.21. The molecule has 0 aromatic heterocycles. The predicted molar refractivity (Wildman–Crippen MR) is 70.3 cm³/mol. The van der Waals surface area contributed by atoms with Gasteiger partial charge in [-0.2, -0.15) is 0 Å². The Kier molecular flexibility index (Phi) is 4.63. The molecule has 6 heteroatoms. The normalized spacial score (nSPS) is 11.5. The summed E-state index contributed by atoms with van der Waals surface area (Å²) in [4.78, 5) is 34.9. The zero-order valence-corrected chi connectivity index (χ0v) is 11.0. The Morgan fingerprint density at radius 2 is 1.95 bits per heavy atom. The van der Waals surface area contributed by atoms with Gasteiger partial charge in [0.1, 0.15) is 6.04 Å². The van der Waals surface area contributed by atoms with Crippen LogP contribution in [-0.2, 0) is 4.79 Å². The minimum atomic E-state index is -1.09. The third-order valence-corrected chi connectivity index (χ3v) is 2.78. The maximum atomic E-state index is 11.8. The van der Waals surface area contributed by atoms with Crippen LogP contribution in [0.1, 0.15) is 24.2 Å². The number of aliphatic carboxylic acids is 1. The first kappa shape index (κ1) is 14.7. The average Bonchev–Trinajstić information content (AvgIpc) is 2.37. The number of urea groups is 1. The fourth-order valence-corrected chi connectivity index (χ4v) is 1.37. The standard InChI is InChI=1S/C13H16N2O4/c1-8(12(17)18)15(3)13(19)14-11-6-4-5-10(7-11)9(2)16/h4-8H,1-3H3,(H,14,19)(H,17,18). The number of anilines is 1. The topological polar surface area (TPSA) is 86.7 Å². The van der Waals surface area contributed by atoms with Gasteiger partial charge in [-0.1, -0.05) is 12.1 Å². The average molecular weight is 264 g/mol. The molecule has 0 radical (unpaired) electrons. The van der Waals surface area contributed by atoms with E-state index in [9.17, 15) is 14.4 Å². The molecule has 0 aliphatic carbocycles. The van der Waals surface area contributed by atoms with Crippen LogP contribution in [0, 0.1) is 0 Å². The number of carbonyl (C=O) groups is 3. The third-order valence-electron chi connectivity index (χ3n) is 2.78. The monoisotopic (exact) mass is 264 g/mol. The van der Waals surface area contributed by atoms with E-state index >= 15 is 0 Å². The SMILES string of the molecule is CC(=O)c1cccc(NC(=O)N(C)C(C)C(=O)O)c1. The summed E-state index contributed by atoms with van der Waals surface area (Å²) in [6.45, 7) is 2.84. The van der Waals surface area contributed by atoms with E-state index in [1.807, 2.05) is 0 Å². The summed E-state index contributed by atoms with van der Waals surface area (Å²) in [7, 11) is 1.39. The molecule has 1 aromatic carbocycles. The van der Waals surface area contributed by atoms with E-state index in [2.05, 4.69) is 5.32 Å². The van der Waals surface area contributed by atoms with E-state index in [-0.39, 0.29) is 5.78 Å². The van der Waals surface area contributed by atoms with Crippen LogP contribution in [0.4, 0.5) is 10.5 Å². The van der Waals surface area contributed by atoms with Gasteiger partial charge in [0.2, 0.25) is 0 Å². The highest BCUT2D eigenvalue weighted by atomic mass is 16.4. The van der Waals surface area contributed by atoms with E-state index in [1.54, 1.807) is 24.3 Å². The van der Waals surface area contributed by atoms with Crippen molar-refractivity contribution in [2.75, 3.05) is 12.4 Å². The second-order valence-electron chi connectivity index (χ2n) is 4.19. The lowest BCUT2D eigenvalue weighted by Crippen LogP contribution is -2.42. The molecule has 1 aromatic rings. The van der Waals surface area contributed by atoms with Crippen LogP contribution < -0.4 is 5.32 Å². The van der Waals surface area contributed by atoms with Crippen molar-refractivity contribution in [2.24, 2.45) is 0 Å². The van der Waals surface area contributed by atoms with Gasteiger partial charge in [-0.05, 0) is 26.0 Å². The van der Waals surface area contributed by atoms with Gasteiger partial charge in [0, 0.05) is 18.3 Å². The Balaban J connectivity index is 2.79. The summed E-state index contributed by atoms with van der Waals surface area (Å²) in [5.74, 6) is -1.20. The van der Waals surface area contributed by atoms with Gasteiger partial charge in [0.05, 0.1) is 0 Å². The molecule has 1 unspecified atom stereocenters. The first-order valence-corrected chi connectivity index (χ1v) is 5.70. The fourth-order valence-electron chi connectivity index (χ4n) is 1.37. The first-order chi connectivity index (χ1) is 8.82. The molecular formula is C13H16N2O4. The first-order valence-electron chi connectivity index (χ1n) is 5.70. The summed E-state index contributed by atoms with van der Waals surface area (Å²) >= 11 is 0. The molecule has 2 amide bonds. The maximum absolute atomic E-state index is 11.8. The smallest absolute Gasteiger partial charge is 0.326 e. The molecule has 0 aliphatic heterocycles. The number of amides is 2. The molecule has 2 N–H and O–H groups in total. The molecule has 102 valence electrons. The lowest BCUT2D eigenvalue weighted by molar-refractivity contribution is -0.141. The summed E-state index contributed by atoms with van der Waals surface area (Å²) in [5, 5.41) is 11.4. The Bertz CT molecular complexity index is 513. The molecule has 0 aliphatic rings. The zero-order valence-electron chi connectivity index (χ0n) is 11.0. The molecule has 0 spiro atoms. The van der Waals surface area contributed by atoms with Crippen molar-refractivity contribution in [1.82, 2.24) is 4.90 Å². The zero-order chi connectivity index (χ0) is 14.6. The van der Waals surface area contributed by atoms with Gasteiger partial charge in [-0.15, -0.1) is 0 Å². The Morgan fingerprint density at radius 1 is 1.32 bits per heavy atom. The van der Waals surface area contributed by atoms with Crippen LogP contribution in [0.25, 0.3) is 0 Å². The van der Waals surface area contributed by atoms with Crippen molar-refractivity contribution in [3.8, 4) is 0 Å². The largest absolute Gasteiger partial charge is 0.480 e. The van der Waals surface area contributed by atoms with Crippen molar-refractivity contribution < 1.29 is 19.5 Å². The molecule has 0 heterocycles. The highest BCUT2D eigenvalue weighted by Gasteiger charge is 2.21. The number of nitrogens with one attached hydrogen (secondary N) is 1. The minimum absolute atomic E-state index is 0.108. The quantitative estimate of drug-likeness (QED) is 0.812. The molecular weight excluding hydrogens is 248 g/mol. The summed E-state index contributed by atoms with van der Waals surface area (Å²) in [5.41, 5.74) is 0.925. The van der Waals surface area contributed by atoms with Gasteiger partial charge >= 0.3 is 12.0 Å². The van der Waals surface area contributed by atoms with Gasteiger partial charge in [-0.3, -0.25) is 4.79 Å². The second-order valence-corrected chi connectivity index (χ2v) is 4.19. The fraction of sp³-hybridized carbons (Fsp3) is 0.308. The molecule has 6 nitrogen and oxygen atoms in total. The number of Topliss-reactive ketones (excluding diaryl/α,β-unsaturated/α-hetero) is 1. The van der Waals surface area contributed by atoms with Crippen LogP contribution in [0.2, 0.25) is 0 Å². The highest BCUT2D eigenvalue weighted by Crippen LogP contribution is 2.12. The van der Waals surface area contributed by atoms with Crippen LogP contribution in [-0.4, -0.2) is 40.9 Å². The highest BCUT2D eigenvalue weighted by molar-refractivity contribution is 5.97. The molecule has 0 bridgehead atoms. The number of carboxylic acid groups (broad SMARTS) is 1. The number of rotatable bonds is 4. The molecule has 0 fully saturated rings. The number of likely N-dealkylation sites (N-methyl/N-ethyl adjacent to an activating group) is 1. The lowest BCUT2D eigenvalue weighted by atomic mass is 10.1. The van der Waals surface area contributed by atoms with Gasteiger partial charge in [0.25, 0.3) is 0 Å². The number of hydrogen-bond donors (Lipinski definition) is 2. The van der Waals surface area contributed by atoms with Gasteiger partial charge in [-0.25, -0.2) is 9.59 Å². The van der Waals surface area contributed by atoms with E-state index in [0.29, 0.717) is 11.3 Å². The number of nitrogens with zero attached hydrogens (tertiary/aromatic N) is 1. The number of carboxylic acids is 1. The van der Waals surface area contributed by atoms with E-state index in [1.165, 1.54) is 20.9 Å². The van der Waals surface area contributed by atoms with Crippen molar-refractivity contribution in [2.45, 2.75) is 19.9 Å². The second kappa shape index (κ2) is 5.99. The van der Waals surface area contributed by atoms with Crippen LogP contribution >= 0.6 is 0 Å². The van der Waals surface area contributed by atoms with Crippen molar-refractivity contribution in [3.63, 3.8) is 0 Å². The van der Waals surface area contributed by atoms with Crippen molar-refractivity contribution >= 4 is 23.5 Å². The van der Waals surface area contributed by atoms with E-state index in [0.717, 1.165) is 4.90 Å². The Hall–Kier alpha value is -2.37. The van der Waals surface area contributed by atoms with Gasteiger partial charge in [0.15, 0.2) is 5.78 Å². The molecule has 1 rings (SSSR count). The Labute approximate surface area is 111 Å². The number of benzene rings is 1. The van der Waals surface area contributed by atoms with Crippen molar-refractivity contribution in [1.29, 1.82) is 0 Å². The summed E-state index contributed by atoms with van der Waals surface area (Å²) < 4.78 is 0. The summed E-state index contributed by atoms with van der Waals surface area (Å²) in [6, 6.07) is 4.98. The van der Waals surface area contributed by atoms with Crippen LogP contribution in [0.15, 0.2) is 24.3 Å². The van der Waals surface area contributed by atoms with E-state index in [4.69, 9.17) is 5.11 Å². The number of ketones is 1. The maximum Gasteiger partial charge on any atom is 0.326 e. The molecule has 1 atom stereocenters. The van der Waals surface area contributed by atoms with Crippen molar-refractivity contribution in [3.05, 3.63) is 29.8 Å². The molecule has 0 saturated heterocycles. The number of hydrogen-bond acceptors (Lipinski definition) is 3. The summed E-state index contributed by atoms with van der Waals surface area (Å²) in [6.07, 6.45) is 0. The van der Waals surface area contributed by atoms with Crippen LogP contribution in [0.3, 0.4) is 0 Å².